The molecule has 1 aromatic rings. The van der Waals surface area contributed by atoms with Crippen molar-refractivity contribution in [3.8, 4) is 0 Å². The summed E-state index contributed by atoms with van der Waals surface area (Å²) in [5, 5.41) is 0.786. The summed E-state index contributed by atoms with van der Waals surface area (Å²) in [6.45, 7) is 6.98. The molecular formula is C17H26N4OS. The van der Waals surface area contributed by atoms with Gasteiger partial charge in [0, 0.05) is 32.3 Å². The lowest BCUT2D eigenvalue weighted by Crippen LogP contribution is -2.47. The van der Waals surface area contributed by atoms with Crippen LogP contribution in [0.3, 0.4) is 0 Å². The van der Waals surface area contributed by atoms with Gasteiger partial charge in [0.1, 0.15) is 5.82 Å². The Bertz CT molecular complexity index is 561. The van der Waals surface area contributed by atoms with Gasteiger partial charge in [-0.15, -0.1) is 0 Å². The maximum atomic E-state index is 12.7. The minimum absolute atomic E-state index is 0.262. The standard InChI is InChI=1S/C17H26N4OS/c1-12(2)14-11-20(15-6-8-18-17(19-15)23-3)9-7-16(22)21(14)10-13-4-5-13/h6,8,12-14H,4-5,7,9-11H2,1-3H3/t14-/m0/s1. The van der Waals surface area contributed by atoms with Crippen LogP contribution in [-0.2, 0) is 4.79 Å². The number of rotatable bonds is 5. The highest BCUT2D eigenvalue weighted by Crippen LogP contribution is 2.32. The van der Waals surface area contributed by atoms with Gasteiger partial charge in [0.15, 0.2) is 5.16 Å². The van der Waals surface area contributed by atoms with Crippen molar-refractivity contribution in [2.45, 2.75) is 44.3 Å². The summed E-state index contributed by atoms with van der Waals surface area (Å²) in [6.07, 6.45) is 6.93. The van der Waals surface area contributed by atoms with Crippen LogP contribution in [0, 0.1) is 11.8 Å². The van der Waals surface area contributed by atoms with E-state index in [1.54, 1.807) is 11.8 Å². The van der Waals surface area contributed by atoms with E-state index in [1.807, 2.05) is 18.5 Å². The number of nitrogens with zero attached hydrogens (tertiary/aromatic N) is 4. The fourth-order valence-electron chi connectivity index (χ4n) is 3.18. The van der Waals surface area contributed by atoms with Crippen LogP contribution >= 0.6 is 11.8 Å². The molecule has 1 saturated carbocycles. The van der Waals surface area contributed by atoms with Crippen molar-refractivity contribution in [3.05, 3.63) is 12.3 Å². The summed E-state index contributed by atoms with van der Waals surface area (Å²) in [5.74, 6) is 2.42. The van der Waals surface area contributed by atoms with Gasteiger partial charge in [-0.05, 0) is 37.0 Å². The molecule has 0 unspecified atom stereocenters. The number of hydrogen-bond donors (Lipinski definition) is 0. The number of anilines is 1. The summed E-state index contributed by atoms with van der Waals surface area (Å²) < 4.78 is 0. The van der Waals surface area contributed by atoms with Crippen LogP contribution in [0.15, 0.2) is 17.4 Å². The van der Waals surface area contributed by atoms with Gasteiger partial charge in [-0.2, -0.15) is 0 Å². The predicted octanol–water partition coefficient (Wildman–Crippen LogP) is 2.67. The number of carbonyl (C=O) groups excluding carboxylic acids is 1. The molecular weight excluding hydrogens is 308 g/mol. The minimum atomic E-state index is 0.262. The number of hydrogen-bond acceptors (Lipinski definition) is 5. The molecule has 1 atom stereocenters. The van der Waals surface area contributed by atoms with Crippen molar-refractivity contribution in [3.63, 3.8) is 0 Å². The lowest BCUT2D eigenvalue weighted by Gasteiger charge is -2.35. The third-order valence-electron chi connectivity index (χ3n) is 4.77. The molecule has 2 aliphatic rings. The minimum Gasteiger partial charge on any atom is -0.354 e. The molecule has 1 saturated heterocycles. The van der Waals surface area contributed by atoms with Gasteiger partial charge < -0.3 is 9.80 Å². The van der Waals surface area contributed by atoms with E-state index in [0.29, 0.717) is 18.2 Å². The molecule has 0 N–H and O–H groups in total. The first-order valence-corrected chi connectivity index (χ1v) is 9.72. The molecule has 0 aromatic carbocycles. The van der Waals surface area contributed by atoms with E-state index in [1.165, 1.54) is 12.8 Å². The molecule has 23 heavy (non-hydrogen) atoms. The SMILES string of the molecule is CSc1nccc(N2CCC(=O)N(CC3CC3)[C@H](C(C)C)C2)n1. The molecule has 3 rings (SSSR count). The summed E-state index contributed by atoms with van der Waals surface area (Å²) in [5.41, 5.74) is 0. The van der Waals surface area contributed by atoms with Crippen molar-refractivity contribution in [1.82, 2.24) is 14.9 Å². The van der Waals surface area contributed by atoms with Gasteiger partial charge in [-0.25, -0.2) is 9.97 Å². The molecule has 6 heteroatoms. The summed E-state index contributed by atoms with van der Waals surface area (Å²) in [4.78, 5) is 25.9. The van der Waals surface area contributed by atoms with Gasteiger partial charge in [0.25, 0.3) is 0 Å². The first-order chi connectivity index (χ1) is 11.1. The van der Waals surface area contributed by atoms with Gasteiger partial charge in [-0.3, -0.25) is 4.79 Å². The average molecular weight is 334 g/mol. The number of amides is 1. The second-order valence-corrected chi connectivity index (χ2v) is 7.67. The van der Waals surface area contributed by atoms with E-state index < -0.39 is 0 Å². The summed E-state index contributed by atoms with van der Waals surface area (Å²) >= 11 is 1.55. The molecule has 126 valence electrons. The predicted molar refractivity (Wildman–Crippen MR) is 93.7 cm³/mol. The lowest BCUT2D eigenvalue weighted by atomic mass is 10.0. The first kappa shape index (κ1) is 16.6. The second-order valence-electron chi connectivity index (χ2n) is 6.90. The molecule has 0 spiro atoms. The van der Waals surface area contributed by atoms with Crippen LogP contribution in [-0.4, -0.2) is 52.7 Å². The maximum Gasteiger partial charge on any atom is 0.224 e. The zero-order valence-electron chi connectivity index (χ0n) is 14.2. The zero-order chi connectivity index (χ0) is 16.4. The van der Waals surface area contributed by atoms with Crippen LogP contribution in [0.2, 0.25) is 0 Å². The largest absolute Gasteiger partial charge is 0.354 e. The first-order valence-electron chi connectivity index (χ1n) is 8.50. The smallest absolute Gasteiger partial charge is 0.224 e. The molecule has 0 radical (unpaired) electrons. The monoisotopic (exact) mass is 334 g/mol. The molecule has 2 heterocycles. The number of aromatic nitrogens is 2. The van der Waals surface area contributed by atoms with E-state index in [-0.39, 0.29) is 6.04 Å². The Hall–Kier alpha value is -1.30. The normalized spacial score (nSPS) is 22.6. The quantitative estimate of drug-likeness (QED) is 0.612. The van der Waals surface area contributed by atoms with E-state index in [2.05, 4.69) is 33.6 Å². The van der Waals surface area contributed by atoms with Crippen LogP contribution in [0.4, 0.5) is 5.82 Å². The Kier molecular flexibility index (Phi) is 5.09. The van der Waals surface area contributed by atoms with E-state index >= 15 is 0 Å². The number of carbonyl (C=O) groups is 1. The van der Waals surface area contributed by atoms with Gasteiger partial charge in [0.05, 0.1) is 6.04 Å². The Morgan fingerprint density at radius 2 is 2.17 bits per heavy atom. The molecule has 1 aromatic heterocycles. The third-order valence-corrected chi connectivity index (χ3v) is 5.33. The van der Waals surface area contributed by atoms with Gasteiger partial charge in [-0.1, -0.05) is 25.6 Å². The Morgan fingerprint density at radius 1 is 1.39 bits per heavy atom. The Balaban J connectivity index is 1.81. The average Bonchev–Trinajstić information content (AvgIpc) is 3.37. The van der Waals surface area contributed by atoms with Crippen LogP contribution < -0.4 is 4.90 Å². The zero-order valence-corrected chi connectivity index (χ0v) is 15.1. The van der Waals surface area contributed by atoms with Crippen molar-refractivity contribution in [1.29, 1.82) is 0 Å². The van der Waals surface area contributed by atoms with E-state index in [4.69, 9.17) is 0 Å². The summed E-state index contributed by atoms with van der Waals surface area (Å²) in [7, 11) is 0. The molecule has 1 amide bonds. The maximum absolute atomic E-state index is 12.7. The van der Waals surface area contributed by atoms with Crippen LogP contribution in [0.1, 0.15) is 33.1 Å². The van der Waals surface area contributed by atoms with E-state index in [9.17, 15) is 4.79 Å². The van der Waals surface area contributed by atoms with Crippen molar-refractivity contribution < 1.29 is 4.79 Å². The van der Waals surface area contributed by atoms with Crippen LogP contribution in [0.5, 0.6) is 0 Å². The highest BCUT2D eigenvalue weighted by Gasteiger charge is 2.35. The van der Waals surface area contributed by atoms with Crippen molar-refractivity contribution in [2.24, 2.45) is 11.8 Å². The Labute approximate surface area is 142 Å². The van der Waals surface area contributed by atoms with Crippen LogP contribution in [0.25, 0.3) is 0 Å². The van der Waals surface area contributed by atoms with E-state index in [0.717, 1.165) is 36.5 Å². The lowest BCUT2D eigenvalue weighted by molar-refractivity contribution is -0.133. The van der Waals surface area contributed by atoms with Crippen molar-refractivity contribution >= 4 is 23.5 Å². The summed E-state index contributed by atoms with van der Waals surface area (Å²) in [6, 6.07) is 2.22. The molecule has 2 fully saturated rings. The molecule has 1 aliphatic heterocycles. The fraction of sp³-hybridized carbons (Fsp3) is 0.706. The topological polar surface area (TPSA) is 49.3 Å². The Morgan fingerprint density at radius 3 is 2.83 bits per heavy atom. The molecule has 5 nitrogen and oxygen atoms in total. The fourth-order valence-corrected chi connectivity index (χ4v) is 3.53. The third kappa shape index (κ3) is 3.97. The molecule has 0 bridgehead atoms. The second kappa shape index (κ2) is 7.07. The van der Waals surface area contributed by atoms with Crippen molar-refractivity contribution in [2.75, 3.05) is 30.8 Å². The van der Waals surface area contributed by atoms with Gasteiger partial charge >= 0.3 is 0 Å². The van der Waals surface area contributed by atoms with Gasteiger partial charge in [0.2, 0.25) is 5.91 Å². The highest BCUT2D eigenvalue weighted by atomic mass is 32.2. The highest BCUT2D eigenvalue weighted by molar-refractivity contribution is 7.98. The molecule has 1 aliphatic carbocycles. The number of thioether (sulfide) groups is 1.